The van der Waals surface area contributed by atoms with Gasteiger partial charge >= 0.3 is 0 Å². The molecular weight excluding hydrogens is 300 g/mol. The quantitative estimate of drug-likeness (QED) is 0.762. The van der Waals surface area contributed by atoms with Gasteiger partial charge in [0.05, 0.1) is 22.5 Å². The molecule has 0 aliphatic rings. The Morgan fingerprint density at radius 3 is 1.62 bits per heavy atom. The van der Waals surface area contributed by atoms with Gasteiger partial charge in [0.1, 0.15) is 30.1 Å². The van der Waals surface area contributed by atoms with Crippen molar-refractivity contribution in [1.29, 1.82) is 10.5 Å². The molecule has 0 fully saturated rings. The SMILES string of the molecule is N#Cc1ccccc1Nc1cc(Nc2ccccc2C#N)ncn1. The molecule has 2 aromatic carbocycles. The zero-order chi connectivity index (χ0) is 16.8. The molecule has 1 heterocycles. The van der Waals surface area contributed by atoms with E-state index in [9.17, 15) is 0 Å². The van der Waals surface area contributed by atoms with Gasteiger partial charge in [0.2, 0.25) is 0 Å². The summed E-state index contributed by atoms with van der Waals surface area (Å²) in [7, 11) is 0. The van der Waals surface area contributed by atoms with Crippen molar-refractivity contribution in [2.75, 3.05) is 10.6 Å². The molecule has 0 aliphatic heterocycles. The average molecular weight is 312 g/mol. The first-order valence-electron chi connectivity index (χ1n) is 7.14. The molecular formula is C18H12N6. The summed E-state index contributed by atoms with van der Waals surface area (Å²) < 4.78 is 0. The fourth-order valence-electron chi connectivity index (χ4n) is 2.15. The smallest absolute Gasteiger partial charge is 0.135 e. The lowest BCUT2D eigenvalue weighted by Crippen LogP contribution is -2.00. The van der Waals surface area contributed by atoms with Crippen LogP contribution in [0, 0.1) is 22.7 Å². The molecule has 0 radical (unpaired) electrons. The first kappa shape index (κ1) is 15.0. The van der Waals surface area contributed by atoms with Gasteiger partial charge in [0.25, 0.3) is 0 Å². The lowest BCUT2D eigenvalue weighted by atomic mass is 10.2. The standard InChI is InChI=1S/C18H12N6/c19-10-13-5-1-3-7-15(13)23-17-9-18(22-12-21-17)24-16-8-4-2-6-14(16)11-20/h1-9,12H,(H2,21,22,23,24). The van der Waals surface area contributed by atoms with Crippen molar-refractivity contribution in [3.8, 4) is 12.1 Å². The largest absolute Gasteiger partial charge is 0.339 e. The van der Waals surface area contributed by atoms with E-state index in [1.54, 1.807) is 42.5 Å². The summed E-state index contributed by atoms with van der Waals surface area (Å²) in [5.74, 6) is 1.09. The summed E-state index contributed by atoms with van der Waals surface area (Å²) in [6.07, 6.45) is 1.41. The average Bonchev–Trinajstić information content (AvgIpc) is 2.63. The molecule has 114 valence electrons. The Morgan fingerprint density at radius 2 is 1.17 bits per heavy atom. The van der Waals surface area contributed by atoms with Crippen LogP contribution in [0.25, 0.3) is 0 Å². The van der Waals surface area contributed by atoms with E-state index in [1.807, 2.05) is 12.1 Å². The number of benzene rings is 2. The van der Waals surface area contributed by atoms with Gasteiger partial charge in [-0.1, -0.05) is 24.3 Å². The third-order valence-corrected chi connectivity index (χ3v) is 3.29. The third-order valence-electron chi connectivity index (χ3n) is 3.29. The highest BCUT2D eigenvalue weighted by molar-refractivity contribution is 5.69. The van der Waals surface area contributed by atoms with Crippen molar-refractivity contribution >= 4 is 23.0 Å². The maximum Gasteiger partial charge on any atom is 0.135 e. The molecule has 0 aliphatic carbocycles. The summed E-state index contributed by atoms with van der Waals surface area (Å²) in [5.41, 5.74) is 2.39. The predicted molar refractivity (Wildman–Crippen MR) is 90.9 cm³/mol. The van der Waals surface area contributed by atoms with Crippen molar-refractivity contribution in [2.45, 2.75) is 0 Å². The van der Waals surface area contributed by atoms with Crippen LogP contribution in [0.3, 0.4) is 0 Å². The summed E-state index contributed by atoms with van der Waals surface area (Å²) in [6.45, 7) is 0. The molecule has 0 saturated carbocycles. The molecule has 0 spiro atoms. The topological polar surface area (TPSA) is 97.4 Å². The fraction of sp³-hybridized carbons (Fsp3) is 0. The Hall–Kier alpha value is -3.90. The summed E-state index contributed by atoms with van der Waals surface area (Å²) in [5, 5.41) is 24.5. The van der Waals surface area contributed by atoms with Crippen LogP contribution >= 0.6 is 0 Å². The van der Waals surface area contributed by atoms with Crippen LogP contribution in [-0.2, 0) is 0 Å². The molecule has 3 aromatic rings. The van der Waals surface area contributed by atoms with E-state index in [2.05, 4.69) is 32.7 Å². The highest BCUT2D eigenvalue weighted by atomic mass is 15.1. The minimum absolute atomic E-state index is 0.528. The second-order valence-electron chi connectivity index (χ2n) is 4.85. The van der Waals surface area contributed by atoms with Crippen LogP contribution in [-0.4, -0.2) is 9.97 Å². The number of nitrogens with zero attached hydrogens (tertiary/aromatic N) is 4. The lowest BCUT2D eigenvalue weighted by Gasteiger charge is -2.10. The number of rotatable bonds is 4. The molecule has 0 bridgehead atoms. The number of nitrogens with one attached hydrogen (secondary N) is 2. The number of nitriles is 2. The molecule has 0 atom stereocenters. The van der Waals surface area contributed by atoms with Gasteiger partial charge < -0.3 is 10.6 Å². The number of hydrogen-bond donors (Lipinski definition) is 2. The van der Waals surface area contributed by atoms with Gasteiger partial charge in [-0.25, -0.2) is 9.97 Å². The Balaban J connectivity index is 1.85. The lowest BCUT2D eigenvalue weighted by molar-refractivity contribution is 1.16. The zero-order valence-corrected chi connectivity index (χ0v) is 12.6. The van der Waals surface area contributed by atoms with Gasteiger partial charge in [-0.3, -0.25) is 0 Å². The minimum atomic E-state index is 0.528. The first-order valence-corrected chi connectivity index (χ1v) is 7.14. The maximum absolute atomic E-state index is 9.14. The van der Waals surface area contributed by atoms with Gasteiger partial charge in [0, 0.05) is 6.07 Å². The van der Waals surface area contributed by atoms with Crippen LogP contribution in [0.4, 0.5) is 23.0 Å². The fourth-order valence-corrected chi connectivity index (χ4v) is 2.15. The third kappa shape index (κ3) is 3.29. The van der Waals surface area contributed by atoms with Crippen molar-refractivity contribution < 1.29 is 0 Å². The van der Waals surface area contributed by atoms with Crippen LogP contribution in [0.1, 0.15) is 11.1 Å². The van der Waals surface area contributed by atoms with Gasteiger partial charge in [-0.2, -0.15) is 10.5 Å². The summed E-state index contributed by atoms with van der Waals surface area (Å²) in [6, 6.07) is 20.3. The first-order chi connectivity index (χ1) is 11.8. The molecule has 6 heteroatoms. The molecule has 24 heavy (non-hydrogen) atoms. The van der Waals surface area contributed by atoms with Crippen molar-refractivity contribution in [3.05, 3.63) is 72.1 Å². The van der Waals surface area contributed by atoms with Crippen molar-refractivity contribution in [1.82, 2.24) is 9.97 Å². The number of para-hydroxylation sites is 2. The highest BCUT2D eigenvalue weighted by Crippen LogP contribution is 2.22. The van der Waals surface area contributed by atoms with E-state index in [0.717, 1.165) is 0 Å². The maximum atomic E-state index is 9.14. The second-order valence-corrected chi connectivity index (χ2v) is 4.85. The van der Waals surface area contributed by atoms with E-state index in [4.69, 9.17) is 10.5 Å². The number of hydrogen-bond acceptors (Lipinski definition) is 6. The van der Waals surface area contributed by atoms with E-state index < -0.39 is 0 Å². The molecule has 0 saturated heterocycles. The number of aromatic nitrogens is 2. The van der Waals surface area contributed by atoms with Gasteiger partial charge in [-0.15, -0.1) is 0 Å². The van der Waals surface area contributed by atoms with Crippen LogP contribution in [0.5, 0.6) is 0 Å². The van der Waals surface area contributed by atoms with E-state index in [1.165, 1.54) is 6.33 Å². The van der Waals surface area contributed by atoms with Crippen LogP contribution < -0.4 is 10.6 Å². The predicted octanol–water partition coefficient (Wildman–Crippen LogP) is 3.71. The number of anilines is 4. The summed E-state index contributed by atoms with van der Waals surface area (Å²) in [4.78, 5) is 8.32. The molecule has 0 amide bonds. The normalized spacial score (nSPS) is 9.58. The molecule has 0 unspecified atom stereocenters. The van der Waals surface area contributed by atoms with Crippen LogP contribution in [0.15, 0.2) is 60.9 Å². The van der Waals surface area contributed by atoms with E-state index >= 15 is 0 Å². The van der Waals surface area contributed by atoms with Crippen LogP contribution in [0.2, 0.25) is 0 Å². The minimum Gasteiger partial charge on any atom is -0.339 e. The van der Waals surface area contributed by atoms with Gasteiger partial charge in [0.15, 0.2) is 0 Å². The Bertz CT molecular complexity index is 877. The van der Waals surface area contributed by atoms with E-state index in [-0.39, 0.29) is 0 Å². The Morgan fingerprint density at radius 1 is 0.708 bits per heavy atom. The van der Waals surface area contributed by atoms with E-state index in [0.29, 0.717) is 34.1 Å². The van der Waals surface area contributed by atoms with Gasteiger partial charge in [-0.05, 0) is 24.3 Å². The molecule has 3 rings (SSSR count). The monoisotopic (exact) mass is 312 g/mol. The summed E-state index contributed by atoms with van der Waals surface area (Å²) >= 11 is 0. The van der Waals surface area contributed by atoms with Crippen molar-refractivity contribution in [3.63, 3.8) is 0 Å². The Kier molecular flexibility index (Phi) is 4.32. The molecule has 1 aromatic heterocycles. The highest BCUT2D eigenvalue weighted by Gasteiger charge is 2.05. The second kappa shape index (κ2) is 6.91. The molecule has 6 nitrogen and oxygen atoms in total. The van der Waals surface area contributed by atoms with Crippen molar-refractivity contribution in [2.24, 2.45) is 0 Å². The molecule has 2 N–H and O–H groups in total. The Labute approximate surface area is 139 Å². The zero-order valence-electron chi connectivity index (χ0n) is 12.6.